The number of hydrogen-bond donors (Lipinski definition) is 1. The fourth-order valence-corrected chi connectivity index (χ4v) is 3.48. The molecular weight excluding hydrogens is 333 g/mol. The summed E-state index contributed by atoms with van der Waals surface area (Å²) in [4.78, 5) is 22.2. The largest absolute Gasteiger partial charge is 0.310 e. The molecule has 2 aliphatic rings. The molecule has 0 unspecified atom stereocenters. The third-order valence-electron chi connectivity index (χ3n) is 4.56. The van der Waals surface area contributed by atoms with Gasteiger partial charge in [-0.3, -0.25) is 9.69 Å². The van der Waals surface area contributed by atoms with E-state index in [0.717, 1.165) is 48.5 Å². The van der Waals surface area contributed by atoms with E-state index >= 15 is 0 Å². The number of halogens is 2. The van der Waals surface area contributed by atoms with Crippen LogP contribution in [0.5, 0.6) is 0 Å². The van der Waals surface area contributed by atoms with Crippen molar-refractivity contribution >= 4 is 23.2 Å². The zero-order valence-electron chi connectivity index (χ0n) is 12.6. The van der Waals surface area contributed by atoms with Crippen molar-refractivity contribution in [3.63, 3.8) is 0 Å². The molecule has 4 rings (SSSR count). The third-order valence-corrected chi connectivity index (χ3v) is 5.41. The van der Waals surface area contributed by atoms with Crippen molar-refractivity contribution in [2.75, 3.05) is 6.54 Å². The maximum absolute atomic E-state index is 12.4. The van der Waals surface area contributed by atoms with Crippen LogP contribution in [0.4, 0.5) is 0 Å². The highest BCUT2D eigenvalue weighted by Gasteiger charge is 2.29. The summed E-state index contributed by atoms with van der Waals surface area (Å²) in [6.45, 7) is 2.16. The number of hydrogen-bond acceptors (Lipinski definition) is 3. The zero-order chi connectivity index (χ0) is 16.0. The summed E-state index contributed by atoms with van der Waals surface area (Å²) >= 11 is 12.3. The monoisotopic (exact) mass is 349 g/mol. The second-order valence-electron chi connectivity index (χ2n) is 6.32. The van der Waals surface area contributed by atoms with Crippen LogP contribution >= 0.6 is 23.2 Å². The van der Waals surface area contributed by atoms with E-state index in [4.69, 9.17) is 23.2 Å². The van der Waals surface area contributed by atoms with Gasteiger partial charge in [-0.25, -0.2) is 4.98 Å². The van der Waals surface area contributed by atoms with Crippen molar-refractivity contribution in [1.29, 1.82) is 0 Å². The molecule has 1 aliphatic heterocycles. The zero-order valence-corrected chi connectivity index (χ0v) is 14.1. The van der Waals surface area contributed by atoms with Crippen LogP contribution in [0.1, 0.15) is 41.4 Å². The number of rotatable bonds is 3. The fraction of sp³-hybridized carbons (Fsp3) is 0.412. The average Bonchev–Trinajstić information content (AvgIpc) is 3.37. The van der Waals surface area contributed by atoms with Crippen molar-refractivity contribution in [2.45, 2.75) is 38.3 Å². The molecule has 0 amide bonds. The first-order valence-corrected chi connectivity index (χ1v) is 8.64. The van der Waals surface area contributed by atoms with Gasteiger partial charge in [0.05, 0.1) is 21.3 Å². The van der Waals surface area contributed by atoms with Gasteiger partial charge in [0.1, 0.15) is 5.82 Å². The predicted octanol–water partition coefficient (Wildman–Crippen LogP) is 3.51. The topological polar surface area (TPSA) is 49.0 Å². The van der Waals surface area contributed by atoms with Gasteiger partial charge in [0.2, 0.25) is 0 Å². The molecule has 0 radical (unpaired) electrons. The van der Waals surface area contributed by atoms with Crippen LogP contribution in [0.3, 0.4) is 0 Å². The highest BCUT2D eigenvalue weighted by molar-refractivity contribution is 6.42. The van der Waals surface area contributed by atoms with E-state index in [1.165, 1.54) is 0 Å². The average molecular weight is 350 g/mol. The van der Waals surface area contributed by atoms with Gasteiger partial charge in [0, 0.05) is 32.0 Å². The van der Waals surface area contributed by atoms with Gasteiger partial charge in [0.25, 0.3) is 5.56 Å². The second kappa shape index (κ2) is 5.93. The molecule has 1 aliphatic carbocycles. The highest BCUT2D eigenvalue weighted by atomic mass is 35.5. The molecule has 0 spiro atoms. The van der Waals surface area contributed by atoms with E-state index in [1.54, 1.807) is 6.07 Å². The van der Waals surface area contributed by atoms with E-state index < -0.39 is 0 Å². The minimum absolute atomic E-state index is 0.0128. The number of benzene rings is 1. The van der Waals surface area contributed by atoms with Crippen molar-refractivity contribution in [1.82, 2.24) is 14.9 Å². The summed E-state index contributed by atoms with van der Waals surface area (Å²) in [7, 11) is 0. The summed E-state index contributed by atoms with van der Waals surface area (Å²) in [5, 5.41) is 1.16. The number of aromatic nitrogens is 2. The van der Waals surface area contributed by atoms with Crippen molar-refractivity contribution in [3.8, 4) is 0 Å². The van der Waals surface area contributed by atoms with Crippen LogP contribution in [0.25, 0.3) is 0 Å². The first-order valence-electron chi connectivity index (χ1n) is 7.89. The molecular formula is C17H17Cl2N3O. The Morgan fingerprint density at radius 3 is 2.91 bits per heavy atom. The Morgan fingerprint density at radius 2 is 2.13 bits per heavy atom. The molecule has 2 heterocycles. The van der Waals surface area contributed by atoms with Crippen LogP contribution in [0.2, 0.25) is 10.0 Å². The molecule has 0 bridgehead atoms. The Bertz CT molecular complexity index is 814. The predicted molar refractivity (Wildman–Crippen MR) is 91.1 cm³/mol. The van der Waals surface area contributed by atoms with Crippen molar-refractivity contribution < 1.29 is 0 Å². The minimum atomic E-state index is 0.0128. The van der Waals surface area contributed by atoms with Crippen molar-refractivity contribution in [3.05, 3.63) is 61.2 Å². The van der Waals surface area contributed by atoms with Gasteiger partial charge in [-0.1, -0.05) is 35.3 Å². The van der Waals surface area contributed by atoms with Crippen LogP contribution in [-0.2, 0) is 19.5 Å². The summed E-state index contributed by atoms with van der Waals surface area (Å²) in [6.07, 6.45) is 3.08. The Kier molecular flexibility index (Phi) is 3.92. The molecule has 1 N–H and O–H groups in total. The molecule has 0 atom stereocenters. The quantitative estimate of drug-likeness (QED) is 0.922. The number of nitrogens with one attached hydrogen (secondary N) is 1. The third kappa shape index (κ3) is 3.03. The van der Waals surface area contributed by atoms with Gasteiger partial charge < -0.3 is 4.98 Å². The van der Waals surface area contributed by atoms with Crippen LogP contribution in [0, 0.1) is 0 Å². The number of nitrogens with zero attached hydrogens (tertiary/aromatic N) is 2. The normalized spacial score (nSPS) is 18.0. The molecule has 6 heteroatoms. The van der Waals surface area contributed by atoms with Gasteiger partial charge >= 0.3 is 0 Å². The first kappa shape index (κ1) is 15.2. The smallest absolute Gasteiger partial charge is 0.255 e. The van der Waals surface area contributed by atoms with E-state index in [1.807, 2.05) is 12.1 Å². The maximum Gasteiger partial charge on any atom is 0.255 e. The summed E-state index contributed by atoms with van der Waals surface area (Å²) in [6, 6.07) is 5.66. The summed E-state index contributed by atoms with van der Waals surface area (Å²) < 4.78 is 0. The lowest BCUT2D eigenvalue weighted by Gasteiger charge is -2.28. The summed E-state index contributed by atoms with van der Waals surface area (Å²) in [5.41, 5.74) is 2.75. The standard InChI is InChI=1S/C17H17Cl2N3O/c18-13-3-1-2-11(15(13)19)8-22-7-6-14-12(9-22)17(23)21-16(20-14)10-4-5-10/h1-3,10H,4-9H2,(H,20,21,23). The van der Waals surface area contributed by atoms with Gasteiger partial charge in [-0.15, -0.1) is 0 Å². The molecule has 120 valence electrons. The molecule has 2 aromatic rings. The molecule has 0 saturated heterocycles. The summed E-state index contributed by atoms with van der Waals surface area (Å²) in [5.74, 6) is 1.34. The molecule has 1 fully saturated rings. The Morgan fingerprint density at radius 1 is 1.30 bits per heavy atom. The molecule has 4 nitrogen and oxygen atoms in total. The number of H-pyrrole nitrogens is 1. The molecule has 1 aromatic carbocycles. The van der Waals surface area contributed by atoms with Gasteiger partial charge in [-0.05, 0) is 24.5 Å². The Balaban J connectivity index is 1.57. The fourth-order valence-electron chi connectivity index (χ4n) is 3.10. The Hall–Kier alpha value is -1.36. The highest BCUT2D eigenvalue weighted by Crippen LogP contribution is 2.38. The first-order chi connectivity index (χ1) is 11.1. The lowest BCUT2D eigenvalue weighted by molar-refractivity contribution is 0.241. The van der Waals surface area contributed by atoms with Gasteiger partial charge in [-0.2, -0.15) is 0 Å². The van der Waals surface area contributed by atoms with E-state index in [0.29, 0.717) is 29.1 Å². The molecule has 1 saturated carbocycles. The molecule has 1 aromatic heterocycles. The van der Waals surface area contributed by atoms with Crippen LogP contribution in [-0.4, -0.2) is 21.4 Å². The van der Waals surface area contributed by atoms with E-state index in [9.17, 15) is 4.79 Å². The Labute approximate surface area is 144 Å². The van der Waals surface area contributed by atoms with E-state index in [-0.39, 0.29) is 5.56 Å². The van der Waals surface area contributed by atoms with Crippen molar-refractivity contribution in [2.24, 2.45) is 0 Å². The lowest BCUT2D eigenvalue weighted by atomic mass is 10.1. The van der Waals surface area contributed by atoms with Crippen LogP contribution < -0.4 is 5.56 Å². The van der Waals surface area contributed by atoms with E-state index in [2.05, 4.69) is 14.9 Å². The van der Waals surface area contributed by atoms with Crippen LogP contribution in [0.15, 0.2) is 23.0 Å². The lowest BCUT2D eigenvalue weighted by Crippen LogP contribution is -2.35. The SMILES string of the molecule is O=c1[nH]c(C2CC2)nc2c1CN(Cc1cccc(Cl)c1Cl)CC2. The van der Waals surface area contributed by atoms with Gasteiger partial charge in [0.15, 0.2) is 0 Å². The number of fused-ring (bicyclic) bond motifs is 1. The minimum Gasteiger partial charge on any atom is -0.310 e. The second-order valence-corrected chi connectivity index (χ2v) is 7.11. The molecule has 23 heavy (non-hydrogen) atoms. The number of aromatic amines is 1. The maximum atomic E-state index is 12.4.